The van der Waals surface area contributed by atoms with Crippen LogP contribution in [-0.4, -0.2) is 28.1 Å². The summed E-state index contributed by atoms with van der Waals surface area (Å²) >= 11 is 1.43. The highest BCUT2D eigenvalue weighted by molar-refractivity contribution is 7.18. The summed E-state index contributed by atoms with van der Waals surface area (Å²) in [6, 6.07) is 5.84. The lowest BCUT2D eigenvalue weighted by atomic mass is 9.47. The van der Waals surface area contributed by atoms with E-state index < -0.39 is 5.97 Å². The summed E-state index contributed by atoms with van der Waals surface area (Å²) in [4.78, 5) is 22.7. The van der Waals surface area contributed by atoms with Gasteiger partial charge in [-0.2, -0.15) is 0 Å². The standard InChI is InChI=1S/C18H21NO2S.C7H12O2/c1-18(2)10-6-7-14(13(18)8-10)19-17(21)12-5-3-4-11-15(20)9-22-16(11)12;1-2-3-4-5-6-7(8)9/h3-5,9-10,13-14,20H,6-8H2,1-2H3,(H,19,21);2-3H,4-6H2,1H3,(H,8,9)/b;3-2+. The van der Waals surface area contributed by atoms with E-state index in [1.807, 2.05) is 37.3 Å². The van der Waals surface area contributed by atoms with Crippen molar-refractivity contribution in [3.05, 3.63) is 41.3 Å². The van der Waals surface area contributed by atoms with Crippen LogP contribution in [0.4, 0.5) is 0 Å². The molecule has 5 rings (SSSR count). The fourth-order valence-corrected chi connectivity index (χ4v) is 5.93. The zero-order valence-electron chi connectivity index (χ0n) is 18.6. The van der Waals surface area contributed by atoms with Gasteiger partial charge in [-0.25, -0.2) is 0 Å². The highest BCUT2D eigenvalue weighted by Gasteiger charge is 2.54. The van der Waals surface area contributed by atoms with Crippen molar-refractivity contribution in [1.82, 2.24) is 5.32 Å². The van der Waals surface area contributed by atoms with E-state index in [-0.39, 0.29) is 24.1 Å². The molecule has 0 radical (unpaired) electrons. The molecule has 3 atom stereocenters. The van der Waals surface area contributed by atoms with Crippen LogP contribution in [0.2, 0.25) is 0 Å². The van der Waals surface area contributed by atoms with Crippen LogP contribution >= 0.6 is 11.3 Å². The number of fused-ring (bicyclic) bond motifs is 3. The maximum Gasteiger partial charge on any atom is 0.303 e. The van der Waals surface area contributed by atoms with E-state index in [0.717, 1.165) is 35.3 Å². The second kappa shape index (κ2) is 9.86. The fourth-order valence-electron chi connectivity index (χ4n) is 4.99. The number of carbonyl (C=O) groups excluding carboxylic acids is 1. The van der Waals surface area contributed by atoms with E-state index in [1.54, 1.807) is 5.38 Å². The number of benzene rings is 1. The van der Waals surface area contributed by atoms with E-state index >= 15 is 0 Å². The van der Waals surface area contributed by atoms with Gasteiger partial charge in [0.2, 0.25) is 0 Å². The lowest BCUT2D eigenvalue weighted by Crippen LogP contribution is -2.59. The Morgan fingerprint density at radius 3 is 2.71 bits per heavy atom. The third kappa shape index (κ3) is 5.12. The van der Waals surface area contributed by atoms with E-state index in [4.69, 9.17) is 5.11 Å². The lowest BCUT2D eigenvalue weighted by Gasteiger charge is -2.60. The molecule has 0 aliphatic heterocycles. The highest BCUT2D eigenvalue weighted by Crippen LogP contribution is 2.59. The number of aromatic hydroxyl groups is 1. The molecule has 31 heavy (non-hydrogen) atoms. The van der Waals surface area contributed by atoms with Crippen molar-refractivity contribution in [1.29, 1.82) is 0 Å². The second-order valence-electron chi connectivity index (χ2n) is 9.18. The van der Waals surface area contributed by atoms with Crippen LogP contribution in [0.5, 0.6) is 5.75 Å². The molecule has 1 amide bonds. The number of aliphatic carboxylic acids is 1. The summed E-state index contributed by atoms with van der Waals surface area (Å²) in [6.07, 6.45) is 9.38. The Bertz CT molecular complexity index is 960. The molecule has 3 unspecified atom stereocenters. The first-order valence-electron chi connectivity index (χ1n) is 11.1. The van der Waals surface area contributed by atoms with Crippen LogP contribution in [0.1, 0.15) is 69.7 Å². The van der Waals surface area contributed by atoms with Crippen LogP contribution < -0.4 is 5.32 Å². The van der Waals surface area contributed by atoms with Gasteiger partial charge < -0.3 is 15.5 Å². The van der Waals surface area contributed by atoms with Gasteiger partial charge in [0.1, 0.15) is 5.75 Å². The minimum absolute atomic E-state index is 0.00130. The van der Waals surface area contributed by atoms with Crippen molar-refractivity contribution in [2.75, 3.05) is 0 Å². The number of hydrogen-bond acceptors (Lipinski definition) is 4. The van der Waals surface area contributed by atoms with Crippen LogP contribution in [0.25, 0.3) is 10.1 Å². The van der Waals surface area contributed by atoms with Gasteiger partial charge in [-0.15, -0.1) is 11.3 Å². The summed E-state index contributed by atoms with van der Waals surface area (Å²) in [7, 11) is 0. The Morgan fingerprint density at radius 2 is 2.06 bits per heavy atom. The molecule has 1 aromatic carbocycles. The Morgan fingerprint density at radius 1 is 1.29 bits per heavy atom. The molecule has 168 valence electrons. The van der Waals surface area contributed by atoms with Crippen molar-refractivity contribution in [3.63, 3.8) is 0 Å². The molecule has 3 aliphatic rings. The van der Waals surface area contributed by atoms with E-state index in [1.165, 1.54) is 24.2 Å². The Kier molecular flexibility index (Phi) is 7.42. The molecule has 3 saturated carbocycles. The summed E-state index contributed by atoms with van der Waals surface area (Å²) in [6.45, 7) is 6.60. The lowest BCUT2D eigenvalue weighted by molar-refractivity contribution is -0.137. The molecule has 1 aromatic heterocycles. The normalized spacial score (nSPS) is 23.6. The number of unbranched alkanes of at least 4 members (excludes halogenated alkanes) is 1. The van der Waals surface area contributed by atoms with Gasteiger partial charge in [0.25, 0.3) is 5.91 Å². The van der Waals surface area contributed by atoms with Crippen molar-refractivity contribution in [2.24, 2.45) is 17.3 Å². The van der Waals surface area contributed by atoms with Crippen molar-refractivity contribution < 1.29 is 19.8 Å². The van der Waals surface area contributed by atoms with Gasteiger partial charge in [-0.1, -0.05) is 32.1 Å². The van der Waals surface area contributed by atoms with Gasteiger partial charge in [-0.05, 0) is 68.4 Å². The number of rotatable bonds is 6. The molecule has 3 aliphatic carbocycles. The molecular weight excluding hydrogens is 410 g/mol. The molecular formula is C25H33NO4S. The zero-order valence-corrected chi connectivity index (χ0v) is 19.4. The average molecular weight is 444 g/mol. The third-order valence-corrected chi connectivity index (χ3v) is 8.01. The summed E-state index contributed by atoms with van der Waals surface area (Å²) in [5.41, 5.74) is 1.05. The Balaban J connectivity index is 0.000000259. The first-order valence-corrected chi connectivity index (χ1v) is 12.0. The largest absolute Gasteiger partial charge is 0.506 e. The first-order chi connectivity index (χ1) is 14.8. The number of carbonyl (C=O) groups is 2. The van der Waals surface area contributed by atoms with Gasteiger partial charge in [0, 0.05) is 23.2 Å². The predicted molar refractivity (Wildman–Crippen MR) is 126 cm³/mol. The zero-order chi connectivity index (χ0) is 22.6. The molecule has 1 heterocycles. The summed E-state index contributed by atoms with van der Waals surface area (Å²) < 4.78 is 0.874. The van der Waals surface area contributed by atoms with Crippen LogP contribution in [0, 0.1) is 17.3 Å². The Labute approximate surface area is 188 Å². The third-order valence-electron chi connectivity index (χ3n) is 7.00. The number of carboxylic acids is 1. The predicted octanol–water partition coefficient (Wildman–Crippen LogP) is 5.98. The minimum Gasteiger partial charge on any atom is -0.506 e. The van der Waals surface area contributed by atoms with Crippen molar-refractivity contribution >= 4 is 33.3 Å². The van der Waals surface area contributed by atoms with Crippen molar-refractivity contribution in [3.8, 4) is 5.75 Å². The summed E-state index contributed by atoms with van der Waals surface area (Å²) in [5, 5.41) is 23.8. The number of allylic oxidation sites excluding steroid dienone is 2. The number of thiophene rings is 1. The topological polar surface area (TPSA) is 86.6 Å². The van der Waals surface area contributed by atoms with Gasteiger partial charge >= 0.3 is 5.97 Å². The van der Waals surface area contributed by atoms with E-state index in [0.29, 0.717) is 16.9 Å². The number of amides is 1. The molecule has 3 N–H and O–H groups in total. The molecule has 5 nitrogen and oxygen atoms in total. The maximum absolute atomic E-state index is 12.7. The summed E-state index contributed by atoms with van der Waals surface area (Å²) in [5.74, 6) is 0.989. The SMILES string of the molecule is C/C=C/CCCC(=O)O.CC1(C)C2CCC(NC(=O)c3cccc4c(O)csc34)C1C2. The number of carboxylic acid groups (broad SMARTS) is 1. The fraction of sp³-hybridized carbons (Fsp3) is 0.520. The van der Waals surface area contributed by atoms with E-state index in [2.05, 4.69) is 19.2 Å². The highest BCUT2D eigenvalue weighted by atomic mass is 32.1. The number of hydrogen-bond donors (Lipinski definition) is 3. The molecule has 3 fully saturated rings. The molecule has 6 heteroatoms. The average Bonchev–Trinajstić information content (AvgIpc) is 3.12. The molecule has 2 aromatic rings. The van der Waals surface area contributed by atoms with Crippen LogP contribution in [-0.2, 0) is 4.79 Å². The molecule has 0 spiro atoms. The van der Waals surface area contributed by atoms with Crippen LogP contribution in [0.15, 0.2) is 35.7 Å². The molecule has 0 saturated heterocycles. The van der Waals surface area contributed by atoms with Gasteiger partial charge in [-0.3, -0.25) is 9.59 Å². The molecule has 2 bridgehead atoms. The smallest absolute Gasteiger partial charge is 0.303 e. The maximum atomic E-state index is 12.7. The second-order valence-corrected chi connectivity index (χ2v) is 10.1. The van der Waals surface area contributed by atoms with Gasteiger partial charge in [0.05, 0.1) is 10.3 Å². The minimum atomic E-state index is -0.709. The van der Waals surface area contributed by atoms with Crippen LogP contribution in [0.3, 0.4) is 0 Å². The van der Waals surface area contributed by atoms with Gasteiger partial charge in [0.15, 0.2) is 0 Å². The monoisotopic (exact) mass is 443 g/mol. The number of nitrogens with one attached hydrogen (secondary N) is 1. The quantitative estimate of drug-likeness (QED) is 0.379. The first kappa shape index (κ1) is 23.3. The Hall–Kier alpha value is -2.34. The van der Waals surface area contributed by atoms with E-state index in [9.17, 15) is 14.7 Å². The van der Waals surface area contributed by atoms with Crippen molar-refractivity contribution in [2.45, 2.75) is 65.3 Å².